The van der Waals surface area contributed by atoms with Gasteiger partial charge < -0.3 is 5.73 Å². The lowest BCUT2D eigenvalue weighted by Gasteiger charge is -1.90. The summed E-state index contributed by atoms with van der Waals surface area (Å²) < 4.78 is 0.812. The van der Waals surface area contributed by atoms with Gasteiger partial charge in [0.15, 0.2) is 6.29 Å². The standard InChI is InChI=1S/C9H10BrN3OS/c1-6-13-9(10)8(15-6)4-12-3-7(2-11)5-14/h2-3,5H,4,11H2,1H3. The maximum atomic E-state index is 10.4. The number of nitrogens with two attached hydrogens (primary N) is 1. The first-order valence-corrected chi connectivity index (χ1v) is 5.77. The van der Waals surface area contributed by atoms with Gasteiger partial charge in [-0.05, 0) is 22.9 Å². The highest BCUT2D eigenvalue weighted by molar-refractivity contribution is 9.10. The van der Waals surface area contributed by atoms with Gasteiger partial charge in [0.1, 0.15) is 4.60 Å². The van der Waals surface area contributed by atoms with Crippen LogP contribution < -0.4 is 5.73 Å². The molecule has 0 amide bonds. The van der Waals surface area contributed by atoms with E-state index in [-0.39, 0.29) is 0 Å². The average Bonchev–Trinajstić information content (AvgIpc) is 2.52. The van der Waals surface area contributed by atoms with Crippen molar-refractivity contribution in [2.24, 2.45) is 10.7 Å². The van der Waals surface area contributed by atoms with Gasteiger partial charge in [-0.1, -0.05) is 0 Å². The van der Waals surface area contributed by atoms with Crippen molar-refractivity contribution in [2.45, 2.75) is 13.5 Å². The molecule has 1 rings (SSSR count). The van der Waals surface area contributed by atoms with Gasteiger partial charge in [0.2, 0.25) is 0 Å². The zero-order chi connectivity index (χ0) is 11.3. The fraction of sp³-hybridized carbons (Fsp3) is 0.222. The summed E-state index contributed by atoms with van der Waals surface area (Å²) in [5.74, 6) is 0. The summed E-state index contributed by atoms with van der Waals surface area (Å²) in [5.41, 5.74) is 5.56. The minimum Gasteiger partial charge on any atom is -0.404 e. The van der Waals surface area contributed by atoms with Crippen LogP contribution in [0.5, 0.6) is 0 Å². The smallest absolute Gasteiger partial charge is 0.153 e. The first kappa shape index (κ1) is 12.1. The SMILES string of the molecule is Cc1nc(Br)c(CN=CC(C=O)=CN)s1. The lowest BCUT2D eigenvalue weighted by Crippen LogP contribution is -1.92. The lowest BCUT2D eigenvalue weighted by atomic mass is 10.3. The largest absolute Gasteiger partial charge is 0.404 e. The van der Waals surface area contributed by atoms with Gasteiger partial charge in [-0.15, -0.1) is 11.3 Å². The lowest BCUT2D eigenvalue weighted by molar-refractivity contribution is -0.104. The molecule has 0 aliphatic heterocycles. The highest BCUT2D eigenvalue weighted by Crippen LogP contribution is 2.23. The zero-order valence-corrected chi connectivity index (χ0v) is 10.5. The van der Waals surface area contributed by atoms with Gasteiger partial charge in [0.25, 0.3) is 0 Å². The van der Waals surface area contributed by atoms with Crippen molar-refractivity contribution in [3.05, 3.63) is 26.3 Å². The predicted octanol–water partition coefficient (Wildman–Crippen LogP) is 1.83. The number of halogens is 1. The Bertz CT molecular complexity index is 411. The number of allylic oxidation sites excluding steroid dienone is 1. The Morgan fingerprint density at radius 1 is 1.73 bits per heavy atom. The summed E-state index contributed by atoms with van der Waals surface area (Å²) in [7, 11) is 0. The van der Waals surface area contributed by atoms with Gasteiger partial charge in [0, 0.05) is 18.0 Å². The maximum Gasteiger partial charge on any atom is 0.153 e. The van der Waals surface area contributed by atoms with Crippen molar-refractivity contribution in [3.63, 3.8) is 0 Å². The number of nitrogens with zero attached hydrogens (tertiary/aromatic N) is 2. The van der Waals surface area contributed by atoms with Gasteiger partial charge in [-0.3, -0.25) is 9.79 Å². The number of carbonyl (C=O) groups is 1. The van der Waals surface area contributed by atoms with E-state index in [2.05, 4.69) is 25.9 Å². The van der Waals surface area contributed by atoms with E-state index in [0.717, 1.165) is 14.5 Å². The summed E-state index contributed by atoms with van der Waals surface area (Å²) in [6.07, 6.45) is 3.34. The first-order chi connectivity index (χ1) is 7.17. The van der Waals surface area contributed by atoms with Crippen molar-refractivity contribution < 1.29 is 4.79 Å². The number of hydrogen-bond acceptors (Lipinski definition) is 5. The number of rotatable bonds is 4. The molecule has 0 aromatic carbocycles. The van der Waals surface area contributed by atoms with Crippen molar-refractivity contribution in [1.29, 1.82) is 0 Å². The molecular formula is C9H10BrN3OS. The van der Waals surface area contributed by atoms with E-state index in [1.54, 1.807) is 11.3 Å². The van der Waals surface area contributed by atoms with E-state index in [1.165, 1.54) is 12.4 Å². The number of thiazole rings is 1. The van der Waals surface area contributed by atoms with Crippen LogP contribution in [0.2, 0.25) is 0 Å². The van der Waals surface area contributed by atoms with Gasteiger partial charge in [-0.2, -0.15) is 0 Å². The van der Waals surface area contributed by atoms with Crippen molar-refractivity contribution in [2.75, 3.05) is 0 Å². The highest BCUT2D eigenvalue weighted by Gasteiger charge is 2.04. The number of aryl methyl sites for hydroxylation is 1. The molecule has 2 N–H and O–H groups in total. The van der Waals surface area contributed by atoms with Crippen LogP contribution in [-0.2, 0) is 11.3 Å². The van der Waals surface area contributed by atoms with Crippen molar-refractivity contribution in [1.82, 2.24) is 4.98 Å². The quantitative estimate of drug-likeness (QED) is 0.522. The number of aromatic nitrogens is 1. The maximum absolute atomic E-state index is 10.4. The predicted molar refractivity (Wildman–Crippen MR) is 65.1 cm³/mol. The monoisotopic (exact) mass is 287 g/mol. The first-order valence-electron chi connectivity index (χ1n) is 4.16. The third-order valence-electron chi connectivity index (χ3n) is 1.56. The van der Waals surface area contributed by atoms with Crippen molar-refractivity contribution in [3.8, 4) is 0 Å². The fourth-order valence-electron chi connectivity index (χ4n) is 0.888. The Hall–Kier alpha value is -1.01. The van der Waals surface area contributed by atoms with E-state index in [0.29, 0.717) is 18.4 Å². The Kier molecular flexibility index (Phi) is 4.64. The average molecular weight is 288 g/mol. The second kappa shape index (κ2) is 5.77. The number of hydrogen-bond donors (Lipinski definition) is 1. The van der Waals surface area contributed by atoms with Gasteiger partial charge >= 0.3 is 0 Å². The molecule has 0 spiro atoms. The molecule has 0 aliphatic rings. The molecule has 0 bridgehead atoms. The molecule has 1 aromatic rings. The van der Waals surface area contributed by atoms with Crippen LogP contribution >= 0.6 is 27.3 Å². The third-order valence-corrected chi connectivity index (χ3v) is 3.43. The molecule has 0 saturated heterocycles. The molecule has 0 unspecified atom stereocenters. The molecule has 6 heteroatoms. The van der Waals surface area contributed by atoms with Crippen LogP contribution in [0.1, 0.15) is 9.88 Å². The minimum absolute atomic E-state index is 0.368. The van der Waals surface area contributed by atoms with Gasteiger partial charge in [-0.25, -0.2) is 4.98 Å². The minimum atomic E-state index is 0.368. The number of aldehydes is 1. The molecule has 15 heavy (non-hydrogen) atoms. The normalized spacial score (nSPS) is 12.3. The number of carbonyl (C=O) groups excluding carboxylic acids is 1. The van der Waals surface area contributed by atoms with Crippen LogP contribution in [0.15, 0.2) is 21.4 Å². The van der Waals surface area contributed by atoms with E-state index < -0.39 is 0 Å². The highest BCUT2D eigenvalue weighted by atomic mass is 79.9. The molecule has 1 heterocycles. The van der Waals surface area contributed by atoms with Crippen LogP contribution in [0.3, 0.4) is 0 Å². The van der Waals surface area contributed by atoms with Crippen LogP contribution in [0, 0.1) is 6.92 Å². The second-order valence-corrected chi connectivity index (χ2v) is 4.74. The van der Waals surface area contributed by atoms with E-state index in [9.17, 15) is 4.79 Å². The van der Waals surface area contributed by atoms with Crippen LogP contribution in [0.25, 0.3) is 0 Å². The Balaban J connectivity index is 2.64. The Morgan fingerprint density at radius 2 is 2.47 bits per heavy atom. The molecular weight excluding hydrogens is 278 g/mol. The molecule has 0 radical (unpaired) electrons. The van der Waals surface area contributed by atoms with E-state index in [4.69, 9.17) is 5.73 Å². The molecule has 80 valence electrons. The fourth-order valence-corrected chi connectivity index (χ4v) is 2.40. The Morgan fingerprint density at radius 3 is 2.93 bits per heavy atom. The van der Waals surface area contributed by atoms with E-state index >= 15 is 0 Å². The van der Waals surface area contributed by atoms with Crippen LogP contribution in [0.4, 0.5) is 0 Å². The van der Waals surface area contributed by atoms with Crippen LogP contribution in [-0.4, -0.2) is 17.5 Å². The Labute approximate surface area is 100 Å². The van der Waals surface area contributed by atoms with Crippen molar-refractivity contribution >= 4 is 39.8 Å². The molecule has 0 atom stereocenters. The molecule has 0 saturated carbocycles. The van der Waals surface area contributed by atoms with E-state index in [1.807, 2.05) is 6.92 Å². The molecule has 0 fully saturated rings. The topological polar surface area (TPSA) is 68.3 Å². The third kappa shape index (κ3) is 3.56. The summed E-state index contributed by atoms with van der Waals surface area (Å²) in [6, 6.07) is 0. The molecule has 0 aliphatic carbocycles. The summed E-state index contributed by atoms with van der Waals surface area (Å²) >= 11 is 4.91. The second-order valence-electron chi connectivity index (χ2n) is 2.70. The summed E-state index contributed by atoms with van der Waals surface area (Å²) in [5, 5.41) is 0.983. The summed E-state index contributed by atoms with van der Waals surface area (Å²) in [6.45, 7) is 2.43. The molecule has 4 nitrogen and oxygen atoms in total. The molecule has 1 aromatic heterocycles. The van der Waals surface area contributed by atoms with Gasteiger partial charge in [0.05, 0.1) is 16.4 Å². The number of aliphatic imine (C=N–C) groups is 1. The summed E-state index contributed by atoms with van der Waals surface area (Å²) in [4.78, 5) is 19.7. The zero-order valence-electron chi connectivity index (χ0n) is 8.11.